The van der Waals surface area contributed by atoms with Gasteiger partial charge < -0.3 is 20.0 Å². The van der Waals surface area contributed by atoms with Crippen LogP contribution in [0.3, 0.4) is 0 Å². The first-order valence-corrected chi connectivity index (χ1v) is 6.94. The maximum absolute atomic E-state index is 11.4. The van der Waals surface area contributed by atoms with E-state index in [2.05, 4.69) is 30.2 Å². The number of hydrogen-bond donors (Lipinski definition) is 3. The number of aromatic nitrogens is 5. The molecule has 1 aromatic carbocycles. The fourth-order valence-corrected chi connectivity index (χ4v) is 2.03. The Balaban J connectivity index is 1.96. The molecule has 0 atom stereocenters. The maximum Gasteiger partial charge on any atom is 0.321 e. The van der Waals surface area contributed by atoms with Crippen LogP contribution in [0.1, 0.15) is 12.7 Å². The summed E-state index contributed by atoms with van der Waals surface area (Å²) < 4.78 is 5.27. The van der Waals surface area contributed by atoms with Crippen LogP contribution in [0.2, 0.25) is 0 Å². The topological polar surface area (TPSA) is 126 Å². The van der Waals surface area contributed by atoms with Crippen molar-refractivity contribution in [3.63, 3.8) is 0 Å². The van der Waals surface area contributed by atoms with Crippen molar-refractivity contribution in [1.82, 2.24) is 24.9 Å². The van der Waals surface area contributed by atoms with Gasteiger partial charge in [0.2, 0.25) is 5.95 Å². The molecule has 118 valence electrons. The SMILES string of the molecule is CCOc1nc(C)nc(Nc2ccc3[nH]c(=O)c(=O)[nH]c3c2)n1. The third-order valence-electron chi connectivity index (χ3n) is 2.98. The molecule has 0 aliphatic heterocycles. The summed E-state index contributed by atoms with van der Waals surface area (Å²) in [6, 6.07) is 5.32. The molecule has 0 saturated heterocycles. The van der Waals surface area contributed by atoms with Crippen LogP contribution in [0, 0.1) is 6.92 Å². The zero-order chi connectivity index (χ0) is 16.4. The molecule has 3 N–H and O–H groups in total. The van der Waals surface area contributed by atoms with Gasteiger partial charge in [-0.15, -0.1) is 0 Å². The Labute approximate surface area is 129 Å². The van der Waals surface area contributed by atoms with E-state index in [0.717, 1.165) is 0 Å². The van der Waals surface area contributed by atoms with Gasteiger partial charge in [0.1, 0.15) is 5.82 Å². The second kappa shape index (κ2) is 5.87. The number of benzene rings is 1. The number of H-pyrrole nitrogens is 2. The lowest BCUT2D eigenvalue weighted by molar-refractivity contribution is 0.311. The molecule has 9 heteroatoms. The van der Waals surface area contributed by atoms with Gasteiger partial charge in [-0.25, -0.2) is 0 Å². The Bertz CT molecular complexity index is 978. The smallest absolute Gasteiger partial charge is 0.321 e. The van der Waals surface area contributed by atoms with E-state index in [1.165, 1.54) is 0 Å². The summed E-state index contributed by atoms with van der Waals surface area (Å²) in [6.07, 6.45) is 0. The first kappa shape index (κ1) is 14.7. The van der Waals surface area contributed by atoms with Gasteiger partial charge >= 0.3 is 17.1 Å². The molecule has 0 aliphatic rings. The molecule has 2 heterocycles. The summed E-state index contributed by atoms with van der Waals surface area (Å²) in [5.41, 5.74) is 0.280. The minimum Gasteiger partial charge on any atom is -0.464 e. The van der Waals surface area contributed by atoms with Gasteiger partial charge in [-0.1, -0.05) is 0 Å². The van der Waals surface area contributed by atoms with Gasteiger partial charge in [-0.05, 0) is 32.0 Å². The highest BCUT2D eigenvalue weighted by molar-refractivity contribution is 5.79. The van der Waals surface area contributed by atoms with Crippen molar-refractivity contribution in [2.24, 2.45) is 0 Å². The van der Waals surface area contributed by atoms with Crippen LogP contribution in [0.25, 0.3) is 11.0 Å². The third kappa shape index (κ3) is 3.18. The summed E-state index contributed by atoms with van der Waals surface area (Å²) in [4.78, 5) is 40.1. The van der Waals surface area contributed by atoms with E-state index in [9.17, 15) is 9.59 Å². The largest absolute Gasteiger partial charge is 0.464 e. The lowest BCUT2D eigenvalue weighted by Gasteiger charge is -2.08. The van der Waals surface area contributed by atoms with Crippen LogP contribution in [0.5, 0.6) is 6.01 Å². The van der Waals surface area contributed by atoms with Crippen molar-refractivity contribution in [1.29, 1.82) is 0 Å². The number of aryl methyl sites for hydroxylation is 1. The third-order valence-corrected chi connectivity index (χ3v) is 2.98. The predicted molar refractivity (Wildman–Crippen MR) is 84.2 cm³/mol. The van der Waals surface area contributed by atoms with Crippen LogP contribution in [-0.2, 0) is 0 Å². The number of nitrogens with zero attached hydrogens (tertiary/aromatic N) is 3. The van der Waals surface area contributed by atoms with E-state index < -0.39 is 11.1 Å². The zero-order valence-electron chi connectivity index (χ0n) is 12.5. The van der Waals surface area contributed by atoms with E-state index in [1.807, 2.05) is 6.92 Å². The summed E-state index contributed by atoms with van der Waals surface area (Å²) in [5, 5.41) is 3.01. The summed E-state index contributed by atoms with van der Waals surface area (Å²) in [7, 11) is 0. The van der Waals surface area contributed by atoms with Crippen LogP contribution >= 0.6 is 0 Å². The molecule has 2 aromatic heterocycles. The normalized spacial score (nSPS) is 10.7. The maximum atomic E-state index is 11.4. The van der Waals surface area contributed by atoms with Crippen molar-refractivity contribution in [2.45, 2.75) is 13.8 Å². The number of anilines is 2. The Morgan fingerprint density at radius 1 is 1.09 bits per heavy atom. The van der Waals surface area contributed by atoms with Crippen molar-refractivity contribution in [3.05, 3.63) is 44.7 Å². The lowest BCUT2D eigenvalue weighted by Crippen LogP contribution is -2.28. The van der Waals surface area contributed by atoms with Crippen LogP contribution in [-0.4, -0.2) is 31.5 Å². The molecule has 0 bridgehead atoms. The van der Waals surface area contributed by atoms with Gasteiger partial charge in [0, 0.05) is 5.69 Å². The molecule has 23 heavy (non-hydrogen) atoms. The van der Waals surface area contributed by atoms with Gasteiger partial charge in [0.25, 0.3) is 0 Å². The fourth-order valence-electron chi connectivity index (χ4n) is 2.03. The number of rotatable bonds is 4. The molecular weight excluding hydrogens is 300 g/mol. The number of ether oxygens (including phenoxy) is 1. The van der Waals surface area contributed by atoms with Crippen molar-refractivity contribution in [2.75, 3.05) is 11.9 Å². The van der Waals surface area contributed by atoms with E-state index in [1.54, 1.807) is 25.1 Å². The van der Waals surface area contributed by atoms with Crippen LogP contribution in [0.15, 0.2) is 27.8 Å². The first-order valence-electron chi connectivity index (χ1n) is 6.94. The molecule has 3 aromatic rings. The second-order valence-electron chi connectivity index (χ2n) is 4.72. The monoisotopic (exact) mass is 314 g/mol. The molecule has 0 fully saturated rings. The van der Waals surface area contributed by atoms with Crippen LogP contribution in [0.4, 0.5) is 11.6 Å². The van der Waals surface area contributed by atoms with E-state index in [0.29, 0.717) is 35.1 Å². The number of nitrogens with one attached hydrogen (secondary N) is 3. The van der Waals surface area contributed by atoms with Crippen LogP contribution < -0.4 is 21.2 Å². The molecule has 0 spiro atoms. The molecule has 0 unspecified atom stereocenters. The van der Waals surface area contributed by atoms with Gasteiger partial charge in [0.15, 0.2) is 0 Å². The predicted octanol–water partition coefficient (Wildman–Crippen LogP) is 0.852. The van der Waals surface area contributed by atoms with E-state index >= 15 is 0 Å². The molecule has 9 nitrogen and oxygen atoms in total. The second-order valence-corrected chi connectivity index (χ2v) is 4.72. The number of fused-ring (bicyclic) bond motifs is 1. The average molecular weight is 314 g/mol. The highest BCUT2D eigenvalue weighted by Crippen LogP contribution is 2.18. The molecule has 0 amide bonds. The minimum absolute atomic E-state index is 0.237. The first-order chi connectivity index (χ1) is 11.0. The highest BCUT2D eigenvalue weighted by Gasteiger charge is 2.06. The van der Waals surface area contributed by atoms with E-state index in [4.69, 9.17) is 4.74 Å². The molecule has 0 radical (unpaired) electrons. The Hall–Kier alpha value is -3.23. The van der Waals surface area contributed by atoms with E-state index in [-0.39, 0.29) is 6.01 Å². The Kier molecular flexibility index (Phi) is 3.75. The van der Waals surface area contributed by atoms with Crippen molar-refractivity contribution in [3.8, 4) is 6.01 Å². The molecule has 0 aliphatic carbocycles. The summed E-state index contributed by atoms with van der Waals surface area (Å²) in [5.74, 6) is 0.844. The van der Waals surface area contributed by atoms with Crippen molar-refractivity contribution >= 4 is 22.7 Å². The summed E-state index contributed by atoms with van der Waals surface area (Å²) >= 11 is 0. The molecule has 3 rings (SSSR count). The van der Waals surface area contributed by atoms with Gasteiger partial charge in [-0.3, -0.25) is 9.59 Å². The van der Waals surface area contributed by atoms with Gasteiger partial charge in [0.05, 0.1) is 17.6 Å². The Morgan fingerprint density at radius 3 is 2.57 bits per heavy atom. The quantitative estimate of drug-likeness (QED) is 0.609. The standard InChI is InChI=1S/C14H14N6O3/c1-3-23-14-16-7(2)15-13(20-14)17-8-4-5-9-10(6-8)19-12(22)11(21)18-9/h4-6H,3H2,1-2H3,(H,18,21)(H,19,22)(H,15,16,17,20). The Morgan fingerprint density at radius 2 is 1.83 bits per heavy atom. The van der Waals surface area contributed by atoms with Crippen molar-refractivity contribution < 1.29 is 4.74 Å². The lowest BCUT2D eigenvalue weighted by atomic mass is 10.2. The molecule has 0 saturated carbocycles. The minimum atomic E-state index is -0.704. The fraction of sp³-hybridized carbons (Fsp3) is 0.214. The number of hydrogen-bond acceptors (Lipinski definition) is 7. The number of aromatic amines is 2. The highest BCUT2D eigenvalue weighted by atomic mass is 16.5. The summed E-state index contributed by atoms with van der Waals surface area (Å²) in [6.45, 7) is 4.03. The average Bonchev–Trinajstić information content (AvgIpc) is 2.48. The zero-order valence-corrected chi connectivity index (χ0v) is 12.5. The van der Waals surface area contributed by atoms with Gasteiger partial charge in [-0.2, -0.15) is 15.0 Å². The molecular formula is C14H14N6O3.